The van der Waals surface area contributed by atoms with Crippen molar-refractivity contribution >= 4 is 22.4 Å². The van der Waals surface area contributed by atoms with Crippen molar-refractivity contribution in [3.05, 3.63) is 95.1 Å². The van der Waals surface area contributed by atoms with Crippen LogP contribution in [0.2, 0.25) is 0 Å². The van der Waals surface area contributed by atoms with Gasteiger partial charge < -0.3 is 15.0 Å². The van der Waals surface area contributed by atoms with Gasteiger partial charge in [0.25, 0.3) is 5.56 Å². The number of ether oxygens (including phenoxy) is 1. The van der Waals surface area contributed by atoms with Crippen LogP contribution in [0.3, 0.4) is 0 Å². The molecule has 6 rings (SSSR count). The Labute approximate surface area is 211 Å². The van der Waals surface area contributed by atoms with Crippen LogP contribution in [0.5, 0.6) is 5.88 Å². The van der Waals surface area contributed by atoms with Crippen molar-refractivity contribution in [3.63, 3.8) is 0 Å². The maximum Gasteiger partial charge on any atom is 0.282 e. The van der Waals surface area contributed by atoms with Crippen molar-refractivity contribution in [1.82, 2.24) is 34.1 Å². The topological polar surface area (TPSA) is 115 Å². The number of hydrogen-bond acceptors (Lipinski definition) is 7. The lowest BCUT2D eigenvalue weighted by Crippen LogP contribution is -2.29. The molecule has 0 aliphatic rings. The van der Waals surface area contributed by atoms with E-state index < -0.39 is 0 Å². The molecule has 184 valence electrons. The molecule has 0 saturated carbocycles. The Morgan fingerprint density at radius 2 is 1.89 bits per heavy atom. The van der Waals surface area contributed by atoms with Crippen LogP contribution in [0.4, 0.5) is 5.82 Å². The van der Waals surface area contributed by atoms with E-state index in [2.05, 4.69) is 25.3 Å². The number of aromatic nitrogens is 7. The third-order valence-electron chi connectivity index (χ3n) is 6.35. The predicted octanol–water partition coefficient (Wildman–Crippen LogP) is 4.31. The lowest BCUT2D eigenvalue weighted by molar-refractivity contribution is 0.398. The van der Waals surface area contributed by atoms with Gasteiger partial charge in [0.1, 0.15) is 23.3 Å². The molecular formula is C27H24N8O2. The summed E-state index contributed by atoms with van der Waals surface area (Å²) in [5.74, 6) is 1.65. The number of methoxy groups -OCH3 is 1. The standard InChI is InChI=1S/C27H24N8O2/c1-16-12-13-34-23(16)27(36)35(18-8-5-4-6-9-18)26(33-34)17(2)31-25-22-19(14-28-24(22)29-15-30-25)20-10-7-11-21(32-20)37-3/h4-15,17H,1-3H3,(H2,28,29,30,31)/t17-/m0/s1. The van der Waals surface area contributed by atoms with Crippen LogP contribution in [0.15, 0.2) is 78.1 Å². The molecule has 1 aromatic carbocycles. The molecule has 2 N–H and O–H groups in total. The Bertz CT molecular complexity index is 1800. The highest BCUT2D eigenvalue weighted by atomic mass is 16.5. The van der Waals surface area contributed by atoms with Crippen LogP contribution in [-0.2, 0) is 0 Å². The van der Waals surface area contributed by atoms with Crippen molar-refractivity contribution < 1.29 is 4.74 Å². The third kappa shape index (κ3) is 3.79. The van der Waals surface area contributed by atoms with E-state index in [9.17, 15) is 4.79 Å². The van der Waals surface area contributed by atoms with E-state index in [0.717, 1.165) is 27.9 Å². The van der Waals surface area contributed by atoms with Crippen molar-refractivity contribution in [2.45, 2.75) is 19.9 Å². The number of aromatic amines is 1. The highest BCUT2D eigenvalue weighted by molar-refractivity contribution is 6.00. The van der Waals surface area contributed by atoms with Crippen molar-refractivity contribution in [2.24, 2.45) is 0 Å². The average Bonchev–Trinajstić information content (AvgIpc) is 3.53. The van der Waals surface area contributed by atoms with E-state index in [1.54, 1.807) is 28.5 Å². The largest absolute Gasteiger partial charge is 0.481 e. The van der Waals surface area contributed by atoms with E-state index in [1.165, 1.54) is 6.33 Å². The third-order valence-corrected chi connectivity index (χ3v) is 6.35. The molecule has 0 fully saturated rings. The first-order valence-electron chi connectivity index (χ1n) is 11.8. The van der Waals surface area contributed by atoms with Crippen molar-refractivity contribution in [1.29, 1.82) is 0 Å². The molecule has 0 bridgehead atoms. The number of anilines is 1. The lowest BCUT2D eigenvalue weighted by Gasteiger charge is -2.20. The molecular weight excluding hydrogens is 468 g/mol. The minimum absolute atomic E-state index is 0.136. The van der Waals surface area contributed by atoms with Crippen LogP contribution in [0, 0.1) is 6.92 Å². The monoisotopic (exact) mass is 492 g/mol. The molecule has 37 heavy (non-hydrogen) atoms. The first-order chi connectivity index (χ1) is 18.0. The highest BCUT2D eigenvalue weighted by Gasteiger charge is 2.22. The van der Waals surface area contributed by atoms with Gasteiger partial charge in [0.2, 0.25) is 5.88 Å². The molecule has 0 saturated heterocycles. The van der Waals surface area contributed by atoms with Gasteiger partial charge in [0.15, 0.2) is 5.82 Å². The molecule has 10 heteroatoms. The van der Waals surface area contributed by atoms with Crippen molar-refractivity contribution in [2.75, 3.05) is 12.4 Å². The Morgan fingerprint density at radius 3 is 2.70 bits per heavy atom. The number of rotatable bonds is 6. The van der Waals surface area contributed by atoms with Crippen molar-refractivity contribution in [3.8, 4) is 22.8 Å². The first-order valence-corrected chi connectivity index (χ1v) is 11.8. The summed E-state index contributed by atoms with van der Waals surface area (Å²) in [6, 6.07) is 16.6. The molecule has 0 radical (unpaired) electrons. The number of nitrogens with one attached hydrogen (secondary N) is 2. The van der Waals surface area contributed by atoms with Gasteiger partial charge >= 0.3 is 0 Å². The molecule has 5 heterocycles. The van der Waals surface area contributed by atoms with Gasteiger partial charge in [-0.3, -0.25) is 9.36 Å². The van der Waals surface area contributed by atoms with Gasteiger partial charge in [-0.2, -0.15) is 5.10 Å². The summed E-state index contributed by atoms with van der Waals surface area (Å²) in [5.41, 5.74) is 4.23. The molecule has 0 aliphatic carbocycles. The molecule has 5 aromatic heterocycles. The van der Waals surface area contributed by atoms with E-state index in [1.807, 2.05) is 68.6 Å². The fraction of sp³-hybridized carbons (Fsp3) is 0.148. The zero-order valence-corrected chi connectivity index (χ0v) is 20.5. The number of benzene rings is 1. The fourth-order valence-electron chi connectivity index (χ4n) is 4.56. The highest BCUT2D eigenvalue weighted by Crippen LogP contribution is 2.33. The molecule has 1 atom stereocenters. The minimum atomic E-state index is -0.390. The number of hydrogen-bond donors (Lipinski definition) is 2. The van der Waals surface area contributed by atoms with Crippen LogP contribution in [0.25, 0.3) is 33.5 Å². The molecule has 0 amide bonds. The van der Waals surface area contributed by atoms with Gasteiger partial charge in [0, 0.05) is 24.0 Å². The second-order valence-corrected chi connectivity index (χ2v) is 8.71. The number of pyridine rings is 1. The average molecular weight is 493 g/mol. The van der Waals surface area contributed by atoms with E-state index >= 15 is 0 Å². The smallest absolute Gasteiger partial charge is 0.282 e. The predicted molar refractivity (Wildman–Crippen MR) is 141 cm³/mol. The Morgan fingerprint density at radius 1 is 1.05 bits per heavy atom. The summed E-state index contributed by atoms with van der Waals surface area (Å²) < 4.78 is 8.60. The van der Waals surface area contributed by atoms with E-state index in [4.69, 9.17) is 9.84 Å². The SMILES string of the molecule is COc1cccc(-c2c[nH]c3ncnc(N[C@@H](C)c4nn5ccc(C)c5c(=O)n4-c4ccccc4)c23)n1. The van der Waals surface area contributed by atoms with Gasteiger partial charge in [-0.25, -0.2) is 19.5 Å². The van der Waals surface area contributed by atoms with Gasteiger partial charge in [-0.1, -0.05) is 24.3 Å². The second-order valence-electron chi connectivity index (χ2n) is 8.71. The number of aryl methyl sites for hydroxylation is 1. The molecule has 0 spiro atoms. The summed E-state index contributed by atoms with van der Waals surface area (Å²) >= 11 is 0. The lowest BCUT2D eigenvalue weighted by atomic mass is 10.1. The van der Waals surface area contributed by atoms with Crippen LogP contribution in [-0.4, -0.2) is 41.2 Å². The quantitative estimate of drug-likeness (QED) is 0.356. The van der Waals surface area contributed by atoms with E-state index in [-0.39, 0.29) is 11.6 Å². The maximum absolute atomic E-state index is 13.7. The molecule has 0 aliphatic heterocycles. The second kappa shape index (κ2) is 8.90. The fourth-order valence-corrected chi connectivity index (χ4v) is 4.56. The zero-order chi connectivity index (χ0) is 25.5. The number of para-hydroxylation sites is 1. The van der Waals surface area contributed by atoms with Gasteiger partial charge in [0.05, 0.1) is 29.9 Å². The summed E-state index contributed by atoms with van der Waals surface area (Å²) in [4.78, 5) is 30.4. The van der Waals surface area contributed by atoms with E-state index in [0.29, 0.717) is 28.7 Å². The van der Waals surface area contributed by atoms with Crippen LogP contribution < -0.4 is 15.6 Å². The number of nitrogens with zero attached hydrogens (tertiary/aromatic N) is 6. The van der Waals surface area contributed by atoms with Crippen LogP contribution >= 0.6 is 0 Å². The first kappa shape index (κ1) is 22.5. The minimum Gasteiger partial charge on any atom is -0.481 e. The zero-order valence-electron chi connectivity index (χ0n) is 20.5. The molecule has 6 aromatic rings. The Balaban J connectivity index is 1.49. The summed E-state index contributed by atoms with van der Waals surface area (Å²) in [5, 5.41) is 9.09. The summed E-state index contributed by atoms with van der Waals surface area (Å²) in [7, 11) is 1.58. The number of H-pyrrole nitrogens is 1. The summed E-state index contributed by atoms with van der Waals surface area (Å²) in [6.45, 7) is 3.86. The maximum atomic E-state index is 13.7. The van der Waals surface area contributed by atoms with Crippen LogP contribution in [0.1, 0.15) is 24.4 Å². The Kier molecular flexibility index (Phi) is 5.41. The molecule has 10 nitrogen and oxygen atoms in total. The van der Waals surface area contributed by atoms with Gasteiger partial charge in [-0.05, 0) is 43.7 Å². The summed E-state index contributed by atoms with van der Waals surface area (Å²) in [6.07, 6.45) is 5.15. The Hall–Kier alpha value is -4.99. The number of fused-ring (bicyclic) bond motifs is 2. The normalized spacial score (nSPS) is 12.2. The molecule has 0 unspecified atom stereocenters. The van der Waals surface area contributed by atoms with Gasteiger partial charge in [-0.15, -0.1) is 0 Å².